The number of benzene rings is 1. The topological polar surface area (TPSA) is 38.3 Å². The van der Waals surface area contributed by atoms with Gasteiger partial charge in [0.1, 0.15) is 5.54 Å². The first-order valence-electron chi connectivity index (χ1n) is 6.78. The van der Waals surface area contributed by atoms with E-state index < -0.39 is 23.2 Å². The molecule has 0 aromatic heterocycles. The monoisotopic (exact) mass is 301 g/mol. The maximum atomic E-state index is 12.8. The summed E-state index contributed by atoms with van der Waals surface area (Å²) in [6.45, 7) is 2.14. The second kappa shape index (κ2) is 5.67. The van der Waals surface area contributed by atoms with Crippen molar-refractivity contribution in [1.29, 1.82) is 0 Å². The van der Waals surface area contributed by atoms with Crippen LogP contribution in [0.3, 0.4) is 0 Å². The molecule has 1 fully saturated rings. The molecular weight excluding hydrogens is 283 g/mol. The van der Waals surface area contributed by atoms with Crippen molar-refractivity contribution in [2.45, 2.75) is 31.5 Å². The molecule has 0 saturated heterocycles. The number of rotatable bonds is 5. The standard InChI is InChI=1S/C15H18F3NO2/c1-14(13(20)21-2,19-9-10-6-7-10)11-4-3-5-12(8-11)15(16,17)18/h3-5,8,10,19H,6-7,9H2,1-2H3. The van der Waals surface area contributed by atoms with Gasteiger partial charge in [-0.05, 0) is 49.9 Å². The average Bonchev–Trinajstić information content (AvgIpc) is 3.27. The molecule has 2 rings (SSSR count). The van der Waals surface area contributed by atoms with E-state index >= 15 is 0 Å². The lowest BCUT2D eigenvalue weighted by molar-refractivity contribution is -0.148. The minimum atomic E-state index is -4.44. The van der Waals surface area contributed by atoms with E-state index in [9.17, 15) is 18.0 Å². The van der Waals surface area contributed by atoms with Crippen molar-refractivity contribution in [2.75, 3.05) is 13.7 Å². The summed E-state index contributed by atoms with van der Waals surface area (Å²) in [6.07, 6.45) is -2.29. The van der Waals surface area contributed by atoms with Crippen LogP contribution in [-0.4, -0.2) is 19.6 Å². The molecule has 1 aromatic rings. The van der Waals surface area contributed by atoms with Crippen molar-refractivity contribution in [3.8, 4) is 0 Å². The smallest absolute Gasteiger partial charge is 0.416 e. The van der Waals surface area contributed by atoms with Crippen molar-refractivity contribution in [2.24, 2.45) is 5.92 Å². The molecule has 1 N–H and O–H groups in total. The quantitative estimate of drug-likeness (QED) is 0.849. The molecule has 1 saturated carbocycles. The third-order valence-electron chi connectivity index (χ3n) is 3.80. The Kier molecular flexibility index (Phi) is 4.27. The summed E-state index contributed by atoms with van der Waals surface area (Å²) in [5, 5.41) is 3.06. The van der Waals surface area contributed by atoms with Crippen LogP contribution in [0, 0.1) is 5.92 Å². The molecule has 3 nitrogen and oxygen atoms in total. The Morgan fingerprint density at radius 3 is 2.48 bits per heavy atom. The molecule has 0 spiro atoms. The van der Waals surface area contributed by atoms with Crippen molar-refractivity contribution in [3.05, 3.63) is 35.4 Å². The molecule has 0 bridgehead atoms. The largest absolute Gasteiger partial charge is 0.467 e. The highest BCUT2D eigenvalue weighted by atomic mass is 19.4. The van der Waals surface area contributed by atoms with Gasteiger partial charge in [-0.25, -0.2) is 4.79 Å². The predicted octanol–water partition coefficient (Wildman–Crippen LogP) is 3.09. The van der Waals surface area contributed by atoms with E-state index in [1.165, 1.54) is 19.2 Å². The van der Waals surface area contributed by atoms with Crippen LogP contribution in [0.5, 0.6) is 0 Å². The number of nitrogens with one attached hydrogen (secondary N) is 1. The van der Waals surface area contributed by atoms with Gasteiger partial charge in [0, 0.05) is 0 Å². The molecule has 0 radical (unpaired) electrons. The zero-order valence-corrected chi connectivity index (χ0v) is 12.0. The van der Waals surface area contributed by atoms with Crippen LogP contribution in [-0.2, 0) is 21.2 Å². The first-order valence-corrected chi connectivity index (χ1v) is 6.78. The van der Waals surface area contributed by atoms with Gasteiger partial charge >= 0.3 is 12.1 Å². The molecule has 1 aliphatic rings. The fourth-order valence-electron chi connectivity index (χ4n) is 2.17. The molecule has 1 aromatic carbocycles. The average molecular weight is 301 g/mol. The maximum absolute atomic E-state index is 12.8. The predicted molar refractivity (Wildman–Crippen MR) is 71.5 cm³/mol. The summed E-state index contributed by atoms with van der Waals surface area (Å²) in [5.41, 5.74) is -1.80. The Balaban J connectivity index is 2.33. The van der Waals surface area contributed by atoms with Gasteiger partial charge in [-0.1, -0.05) is 12.1 Å². The van der Waals surface area contributed by atoms with Crippen LogP contribution < -0.4 is 5.32 Å². The lowest BCUT2D eigenvalue weighted by Gasteiger charge is -2.29. The molecule has 1 unspecified atom stereocenters. The van der Waals surface area contributed by atoms with E-state index in [0.717, 1.165) is 25.0 Å². The summed E-state index contributed by atoms with van der Waals surface area (Å²) in [5.74, 6) is -0.109. The van der Waals surface area contributed by atoms with Crippen LogP contribution >= 0.6 is 0 Å². The fourth-order valence-corrected chi connectivity index (χ4v) is 2.17. The van der Waals surface area contributed by atoms with E-state index in [0.29, 0.717) is 12.5 Å². The van der Waals surface area contributed by atoms with E-state index in [1.54, 1.807) is 6.92 Å². The van der Waals surface area contributed by atoms with E-state index in [1.807, 2.05) is 0 Å². The van der Waals surface area contributed by atoms with Crippen molar-refractivity contribution >= 4 is 5.97 Å². The van der Waals surface area contributed by atoms with Gasteiger partial charge in [-0.15, -0.1) is 0 Å². The molecule has 0 amide bonds. The van der Waals surface area contributed by atoms with Gasteiger partial charge in [0.2, 0.25) is 0 Å². The molecule has 1 aliphatic carbocycles. The second-order valence-corrected chi connectivity index (χ2v) is 5.52. The molecule has 21 heavy (non-hydrogen) atoms. The van der Waals surface area contributed by atoms with E-state index in [4.69, 9.17) is 4.74 Å². The minimum Gasteiger partial charge on any atom is -0.467 e. The number of carbonyl (C=O) groups excluding carboxylic acids is 1. The number of methoxy groups -OCH3 is 1. The Morgan fingerprint density at radius 2 is 1.95 bits per heavy atom. The summed E-state index contributed by atoms with van der Waals surface area (Å²) < 4.78 is 43.2. The number of ether oxygens (including phenoxy) is 1. The van der Waals surface area contributed by atoms with Crippen LogP contribution in [0.15, 0.2) is 24.3 Å². The van der Waals surface area contributed by atoms with E-state index in [2.05, 4.69) is 5.32 Å². The van der Waals surface area contributed by atoms with Gasteiger partial charge in [-0.2, -0.15) is 13.2 Å². The molecule has 1 atom stereocenters. The molecular formula is C15H18F3NO2. The Labute approximate surface area is 121 Å². The number of esters is 1. The Morgan fingerprint density at radius 1 is 1.33 bits per heavy atom. The van der Waals surface area contributed by atoms with Crippen molar-refractivity contribution in [1.82, 2.24) is 5.32 Å². The molecule has 6 heteroatoms. The highest BCUT2D eigenvalue weighted by Gasteiger charge is 2.39. The van der Waals surface area contributed by atoms with Gasteiger partial charge < -0.3 is 4.74 Å². The number of carbonyl (C=O) groups is 1. The summed E-state index contributed by atoms with van der Waals surface area (Å²) in [6, 6.07) is 4.79. The molecule has 0 aliphatic heterocycles. The highest BCUT2D eigenvalue weighted by Crippen LogP contribution is 2.34. The van der Waals surface area contributed by atoms with Gasteiger partial charge in [0.25, 0.3) is 0 Å². The number of alkyl halides is 3. The van der Waals surface area contributed by atoms with Crippen LogP contribution in [0.2, 0.25) is 0 Å². The highest BCUT2D eigenvalue weighted by molar-refractivity contribution is 5.82. The lowest BCUT2D eigenvalue weighted by Crippen LogP contribution is -2.48. The molecule has 0 heterocycles. The first-order chi connectivity index (χ1) is 9.77. The van der Waals surface area contributed by atoms with Gasteiger partial charge in [-0.3, -0.25) is 5.32 Å². The second-order valence-electron chi connectivity index (χ2n) is 5.52. The third kappa shape index (κ3) is 3.56. The molecule has 116 valence electrons. The number of halogens is 3. The van der Waals surface area contributed by atoms with Crippen LogP contribution in [0.4, 0.5) is 13.2 Å². The summed E-state index contributed by atoms with van der Waals surface area (Å²) in [7, 11) is 1.23. The van der Waals surface area contributed by atoms with Crippen LogP contribution in [0.25, 0.3) is 0 Å². The summed E-state index contributed by atoms with van der Waals surface area (Å²) in [4.78, 5) is 12.1. The van der Waals surface area contributed by atoms with Crippen molar-refractivity contribution in [3.63, 3.8) is 0 Å². The van der Waals surface area contributed by atoms with Crippen LogP contribution in [0.1, 0.15) is 30.9 Å². The number of hydrogen-bond acceptors (Lipinski definition) is 3. The first kappa shape index (κ1) is 15.8. The Bertz CT molecular complexity index is 526. The zero-order valence-electron chi connectivity index (χ0n) is 12.0. The third-order valence-corrected chi connectivity index (χ3v) is 3.80. The summed E-state index contributed by atoms with van der Waals surface area (Å²) >= 11 is 0. The zero-order chi connectivity index (χ0) is 15.7. The van der Waals surface area contributed by atoms with Crippen molar-refractivity contribution < 1.29 is 22.7 Å². The Hall–Kier alpha value is -1.56. The SMILES string of the molecule is COC(=O)C(C)(NCC1CC1)c1cccc(C(F)(F)F)c1. The number of hydrogen-bond donors (Lipinski definition) is 1. The maximum Gasteiger partial charge on any atom is 0.416 e. The van der Waals surface area contributed by atoms with Gasteiger partial charge in [0.05, 0.1) is 12.7 Å². The minimum absolute atomic E-state index is 0.254. The normalized spacial score (nSPS) is 18.1. The van der Waals surface area contributed by atoms with Gasteiger partial charge in [0.15, 0.2) is 0 Å². The lowest BCUT2D eigenvalue weighted by atomic mass is 9.90. The fraction of sp³-hybridized carbons (Fsp3) is 0.533. The van der Waals surface area contributed by atoms with E-state index in [-0.39, 0.29) is 5.56 Å².